The van der Waals surface area contributed by atoms with E-state index in [0.29, 0.717) is 30.1 Å². The van der Waals surface area contributed by atoms with Crippen LogP contribution in [0.1, 0.15) is 47.5 Å². The SMILES string of the molecule is CC(C)CCC(NN)C1C(C)OC(C)C1C. The second-order valence-electron chi connectivity index (χ2n) is 5.73. The van der Waals surface area contributed by atoms with Crippen molar-refractivity contribution in [2.75, 3.05) is 0 Å². The second-order valence-corrected chi connectivity index (χ2v) is 5.73. The molecule has 1 aliphatic heterocycles. The molecule has 1 heterocycles. The van der Waals surface area contributed by atoms with Crippen LogP contribution in [0.5, 0.6) is 0 Å². The number of hydrazine groups is 1. The van der Waals surface area contributed by atoms with Gasteiger partial charge in [0.05, 0.1) is 12.2 Å². The molecule has 0 aromatic carbocycles. The van der Waals surface area contributed by atoms with E-state index in [9.17, 15) is 0 Å². The fourth-order valence-corrected chi connectivity index (χ4v) is 2.89. The van der Waals surface area contributed by atoms with Crippen molar-refractivity contribution < 1.29 is 4.74 Å². The summed E-state index contributed by atoms with van der Waals surface area (Å²) >= 11 is 0. The van der Waals surface area contributed by atoms with Crippen molar-refractivity contribution in [2.24, 2.45) is 23.6 Å². The van der Waals surface area contributed by atoms with Crippen LogP contribution < -0.4 is 11.3 Å². The van der Waals surface area contributed by atoms with E-state index in [4.69, 9.17) is 10.6 Å². The molecule has 5 unspecified atom stereocenters. The van der Waals surface area contributed by atoms with Gasteiger partial charge >= 0.3 is 0 Å². The minimum absolute atomic E-state index is 0.318. The van der Waals surface area contributed by atoms with Crippen LogP contribution in [0.15, 0.2) is 0 Å². The van der Waals surface area contributed by atoms with Gasteiger partial charge < -0.3 is 4.74 Å². The molecule has 1 rings (SSSR count). The highest BCUT2D eigenvalue weighted by atomic mass is 16.5. The first kappa shape index (κ1) is 13.9. The van der Waals surface area contributed by atoms with Crippen LogP contribution in [0.2, 0.25) is 0 Å². The summed E-state index contributed by atoms with van der Waals surface area (Å²) < 4.78 is 5.88. The van der Waals surface area contributed by atoms with Crippen molar-refractivity contribution in [1.29, 1.82) is 0 Å². The zero-order chi connectivity index (χ0) is 12.3. The molecule has 16 heavy (non-hydrogen) atoms. The predicted octanol–water partition coefficient (Wildman–Crippen LogP) is 2.31. The Bertz CT molecular complexity index is 208. The van der Waals surface area contributed by atoms with Crippen molar-refractivity contribution in [2.45, 2.75) is 65.7 Å². The lowest BCUT2D eigenvalue weighted by molar-refractivity contribution is 0.0469. The molecule has 3 nitrogen and oxygen atoms in total. The first-order valence-corrected chi connectivity index (χ1v) is 6.59. The fourth-order valence-electron chi connectivity index (χ4n) is 2.89. The van der Waals surface area contributed by atoms with Gasteiger partial charge in [-0.1, -0.05) is 20.8 Å². The monoisotopic (exact) mass is 228 g/mol. The Morgan fingerprint density at radius 3 is 2.12 bits per heavy atom. The maximum Gasteiger partial charge on any atom is 0.0597 e. The molecule has 0 bridgehead atoms. The Balaban J connectivity index is 2.57. The van der Waals surface area contributed by atoms with E-state index in [0.717, 1.165) is 12.3 Å². The van der Waals surface area contributed by atoms with Crippen LogP contribution in [0.3, 0.4) is 0 Å². The van der Waals surface area contributed by atoms with Crippen LogP contribution >= 0.6 is 0 Å². The van der Waals surface area contributed by atoms with Gasteiger partial charge in [-0.05, 0) is 38.5 Å². The van der Waals surface area contributed by atoms with Crippen molar-refractivity contribution >= 4 is 0 Å². The number of hydrogen-bond donors (Lipinski definition) is 2. The molecule has 0 amide bonds. The summed E-state index contributed by atoms with van der Waals surface area (Å²) in [4.78, 5) is 0. The number of ether oxygens (including phenoxy) is 1. The Labute approximate surface area is 100 Å². The third kappa shape index (κ3) is 3.19. The van der Waals surface area contributed by atoms with Gasteiger partial charge in [0.25, 0.3) is 0 Å². The van der Waals surface area contributed by atoms with Gasteiger partial charge in [0.2, 0.25) is 0 Å². The van der Waals surface area contributed by atoms with Crippen LogP contribution in [0, 0.1) is 17.8 Å². The predicted molar refractivity (Wildman–Crippen MR) is 67.8 cm³/mol. The number of nitrogens with two attached hydrogens (primary N) is 1. The van der Waals surface area contributed by atoms with Gasteiger partial charge in [-0.25, -0.2) is 0 Å². The number of nitrogens with one attached hydrogen (secondary N) is 1. The molecular weight excluding hydrogens is 200 g/mol. The summed E-state index contributed by atoms with van der Waals surface area (Å²) in [5, 5.41) is 0. The van der Waals surface area contributed by atoms with Crippen molar-refractivity contribution in [3.05, 3.63) is 0 Å². The van der Waals surface area contributed by atoms with Crippen LogP contribution in [0.25, 0.3) is 0 Å². The summed E-state index contributed by atoms with van der Waals surface area (Å²) in [5.41, 5.74) is 3.00. The van der Waals surface area contributed by atoms with Gasteiger partial charge in [-0.3, -0.25) is 11.3 Å². The van der Waals surface area contributed by atoms with Gasteiger partial charge in [0.15, 0.2) is 0 Å². The lowest BCUT2D eigenvalue weighted by Crippen LogP contribution is -2.45. The minimum atomic E-state index is 0.318. The normalized spacial score (nSPS) is 36.9. The summed E-state index contributed by atoms with van der Waals surface area (Å²) in [7, 11) is 0. The fraction of sp³-hybridized carbons (Fsp3) is 1.00. The maximum absolute atomic E-state index is 5.88. The molecule has 5 atom stereocenters. The van der Waals surface area contributed by atoms with Gasteiger partial charge in [0, 0.05) is 12.0 Å². The van der Waals surface area contributed by atoms with Crippen molar-refractivity contribution in [3.8, 4) is 0 Å². The summed E-state index contributed by atoms with van der Waals surface area (Å²) in [6.07, 6.45) is 3.04. The highest BCUT2D eigenvalue weighted by Gasteiger charge is 2.41. The second kappa shape index (κ2) is 5.99. The van der Waals surface area contributed by atoms with E-state index < -0.39 is 0 Å². The third-order valence-electron chi connectivity index (χ3n) is 4.05. The summed E-state index contributed by atoms with van der Waals surface area (Å²) in [6, 6.07) is 0.386. The zero-order valence-electron chi connectivity index (χ0n) is 11.4. The van der Waals surface area contributed by atoms with Crippen LogP contribution in [0.4, 0.5) is 0 Å². The zero-order valence-corrected chi connectivity index (χ0v) is 11.4. The van der Waals surface area contributed by atoms with Crippen molar-refractivity contribution in [3.63, 3.8) is 0 Å². The molecule has 1 fully saturated rings. The smallest absolute Gasteiger partial charge is 0.0597 e. The van der Waals surface area contributed by atoms with Crippen LogP contribution in [-0.4, -0.2) is 18.2 Å². The van der Waals surface area contributed by atoms with Crippen molar-refractivity contribution in [1.82, 2.24) is 5.43 Å². The van der Waals surface area contributed by atoms with E-state index in [1.807, 2.05) is 0 Å². The van der Waals surface area contributed by atoms with E-state index >= 15 is 0 Å². The first-order chi connectivity index (χ1) is 7.47. The molecule has 1 aliphatic rings. The molecule has 3 N–H and O–H groups in total. The van der Waals surface area contributed by atoms with E-state index in [-0.39, 0.29) is 0 Å². The Morgan fingerprint density at radius 2 is 1.75 bits per heavy atom. The molecule has 0 radical (unpaired) electrons. The topological polar surface area (TPSA) is 47.3 Å². The average molecular weight is 228 g/mol. The molecular formula is C13H28N2O. The molecule has 0 aromatic rings. The van der Waals surface area contributed by atoms with Gasteiger partial charge in [0.1, 0.15) is 0 Å². The largest absolute Gasteiger partial charge is 0.375 e. The summed E-state index contributed by atoms with van der Waals surface area (Å²) in [5.74, 6) is 7.57. The van der Waals surface area contributed by atoms with E-state index in [1.54, 1.807) is 0 Å². The third-order valence-corrected chi connectivity index (χ3v) is 4.05. The van der Waals surface area contributed by atoms with E-state index in [2.05, 4.69) is 40.0 Å². The molecule has 0 saturated carbocycles. The molecule has 3 heteroatoms. The average Bonchev–Trinajstić information content (AvgIpc) is 2.45. The summed E-state index contributed by atoms with van der Waals surface area (Å²) in [6.45, 7) is 11.1. The molecule has 0 aliphatic carbocycles. The molecule has 0 aromatic heterocycles. The van der Waals surface area contributed by atoms with E-state index in [1.165, 1.54) is 6.42 Å². The van der Waals surface area contributed by atoms with Gasteiger partial charge in [-0.2, -0.15) is 0 Å². The standard InChI is InChI=1S/C13H28N2O/c1-8(2)6-7-12(15-14)13-9(3)10(4)16-11(13)5/h8-13,15H,6-7,14H2,1-5H3. The molecule has 96 valence electrons. The van der Waals surface area contributed by atoms with Gasteiger partial charge in [-0.15, -0.1) is 0 Å². The maximum atomic E-state index is 5.88. The highest BCUT2D eigenvalue weighted by Crippen LogP contribution is 2.35. The number of hydrogen-bond acceptors (Lipinski definition) is 3. The first-order valence-electron chi connectivity index (χ1n) is 6.59. The Hall–Kier alpha value is -0.120. The number of rotatable bonds is 5. The highest BCUT2D eigenvalue weighted by molar-refractivity contribution is 4.90. The molecule has 0 spiro atoms. The minimum Gasteiger partial charge on any atom is -0.375 e. The van der Waals surface area contributed by atoms with Crippen LogP contribution in [-0.2, 0) is 4.74 Å². The lowest BCUT2D eigenvalue weighted by atomic mass is 9.81. The molecule has 1 saturated heterocycles. The quantitative estimate of drug-likeness (QED) is 0.561. The Morgan fingerprint density at radius 1 is 1.12 bits per heavy atom. The lowest BCUT2D eigenvalue weighted by Gasteiger charge is -2.28. The Kier molecular flexibility index (Phi) is 5.22.